The Balaban J connectivity index is 2.20. The van der Waals surface area contributed by atoms with Crippen LogP contribution in [0, 0.1) is 6.92 Å². The van der Waals surface area contributed by atoms with Gasteiger partial charge < -0.3 is 5.11 Å². The summed E-state index contributed by atoms with van der Waals surface area (Å²) in [6, 6.07) is 17.9. The van der Waals surface area contributed by atoms with Crippen LogP contribution in [0.4, 0.5) is 0 Å². The second kappa shape index (κ2) is 6.19. The highest BCUT2D eigenvalue weighted by Crippen LogP contribution is 2.16. The van der Waals surface area contributed by atoms with Crippen LogP contribution in [0.2, 0.25) is 0 Å². The first-order valence-corrected chi connectivity index (χ1v) is 6.40. The first-order valence-electron chi connectivity index (χ1n) is 6.40. The highest BCUT2D eigenvalue weighted by molar-refractivity contribution is 5.62. The third-order valence-corrected chi connectivity index (χ3v) is 3.08. The minimum absolute atomic E-state index is 0.612. The van der Waals surface area contributed by atoms with Crippen LogP contribution in [0.5, 0.6) is 0 Å². The second-order valence-electron chi connectivity index (χ2n) is 4.66. The van der Waals surface area contributed by atoms with E-state index in [1.54, 1.807) is 6.08 Å². The summed E-state index contributed by atoms with van der Waals surface area (Å²) >= 11 is 0. The van der Waals surface area contributed by atoms with Crippen molar-refractivity contribution >= 4 is 5.57 Å². The van der Waals surface area contributed by atoms with Crippen molar-refractivity contribution in [2.45, 2.75) is 20.0 Å². The molecular formula is C18H18O. The van der Waals surface area contributed by atoms with Gasteiger partial charge in [0.15, 0.2) is 0 Å². The largest absolute Gasteiger partial charge is 0.384 e. The Labute approximate surface area is 114 Å². The van der Waals surface area contributed by atoms with Crippen LogP contribution in [0.3, 0.4) is 0 Å². The van der Waals surface area contributed by atoms with E-state index in [-0.39, 0.29) is 0 Å². The Morgan fingerprint density at radius 1 is 1.05 bits per heavy atom. The number of hydrogen-bond acceptors (Lipinski definition) is 1. The maximum atomic E-state index is 10.1. The highest BCUT2D eigenvalue weighted by atomic mass is 16.3. The molecule has 0 spiro atoms. The quantitative estimate of drug-likeness (QED) is 0.806. The summed E-state index contributed by atoms with van der Waals surface area (Å²) in [4.78, 5) is 0. The van der Waals surface area contributed by atoms with Crippen LogP contribution in [0.1, 0.15) is 29.7 Å². The van der Waals surface area contributed by atoms with Crippen molar-refractivity contribution in [2.75, 3.05) is 0 Å². The van der Waals surface area contributed by atoms with Crippen molar-refractivity contribution in [3.63, 3.8) is 0 Å². The van der Waals surface area contributed by atoms with E-state index in [9.17, 15) is 5.11 Å². The maximum absolute atomic E-state index is 10.1. The van der Waals surface area contributed by atoms with E-state index in [1.807, 2.05) is 68.4 Å². The van der Waals surface area contributed by atoms with Crippen molar-refractivity contribution in [1.82, 2.24) is 0 Å². The number of aliphatic hydroxyl groups excluding tert-OH is 1. The maximum Gasteiger partial charge on any atom is 0.104 e. The van der Waals surface area contributed by atoms with Gasteiger partial charge >= 0.3 is 0 Å². The molecule has 0 aromatic heterocycles. The van der Waals surface area contributed by atoms with Crippen molar-refractivity contribution in [2.24, 2.45) is 0 Å². The van der Waals surface area contributed by atoms with Gasteiger partial charge in [-0.2, -0.15) is 0 Å². The monoisotopic (exact) mass is 250 g/mol. The summed E-state index contributed by atoms with van der Waals surface area (Å²) < 4.78 is 0. The summed E-state index contributed by atoms with van der Waals surface area (Å²) in [5.41, 5.74) is 7.37. The topological polar surface area (TPSA) is 20.2 Å². The van der Waals surface area contributed by atoms with Crippen LogP contribution in [0.15, 0.2) is 66.4 Å². The predicted octanol–water partition coefficient (Wildman–Crippen LogP) is 4.29. The minimum atomic E-state index is -0.612. The van der Waals surface area contributed by atoms with E-state index in [2.05, 4.69) is 5.73 Å². The molecule has 0 aliphatic rings. The standard InChI is InChI=1S/C18H18O/c1-14-8-11-17(12-9-14)18(19)13-10-15(2)16-6-4-3-5-7-16/h3-9,11-13,18-19H,1-2H3. The first kappa shape index (κ1) is 13.4. The number of rotatable bonds is 3. The molecule has 0 aliphatic heterocycles. The highest BCUT2D eigenvalue weighted by Gasteiger charge is 2.02. The Morgan fingerprint density at radius 2 is 1.68 bits per heavy atom. The van der Waals surface area contributed by atoms with Gasteiger partial charge in [0.05, 0.1) is 0 Å². The predicted molar refractivity (Wildman–Crippen MR) is 79.7 cm³/mol. The van der Waals surface area contributed by atoms with Crippen LogP contribution >= 0.6 is 0 Å². The van der Waals surface area contributed by atoms with Crippen LogP contribution in [-0.2, 0) is 0 Å². The first-order chi connectivity index (χ1) is 9.16. The third-order valence-electron chi connectivity index (χ3n) is 3.08. The van der Waals surface area contributed by atoms with Crippen molar-refractivity contribution in [1.29, 1.82) is 0 Å². The van der Waals surface area contributed by atoms with Crippen LogP contribution in [0.25, 0.3) is 5.57 Å². The fourth-order valence-electron chi connectivity index (χ4n) is 1.84. The molecule has 1 N–H and O–H groups in total. The Hall–Kier alpha value is -2.08. The summed E-state index contributed by atoms with van der Waals surface area (Å²) in [5, 5.41) is 10.1. The lowest BCUT2D eigenvalue weighted by molar-refractivity contribution is 0.229. The Morgan fingerprint density at radius 3 is 2.32 bits per heavy atom. The van der Waals surface area contributed by atoms with E-state index in [0.717, 1.165) is 16.7 Å². The van der Waals surface area contributed by atoms with Crippen LogP contribution < -0.4 is 0 Å². The van der Waals surface area contributed by atoms with Crippen molar-refractivity contribution in [3.8, 4) is 0 Å². The molecule has 19 heavy (non-hydrogen) atoms. The van der Waals surface area contributed by atoms with Gasteiger partial charge in [-0.1, -0.05) is 60.2 Å². The number of aliphatic hydroxyl groups is 1. The number of hydrogen-bond donors (Lipinski definition) is 1. The van der Waals surface area contributed by atoms with Crippen LogP contribution in [-0.4, -0.2) is 5.11 Å². The average molecular weight is 250 g/mol. The van der Waals surface area contributed by atoms with E-state index >= 15 is 0 Å². The summed E-state index contributed by atoms with van der Waals surface area (Å²) in [6.45, 7) is 4.03. The molecule has 0 aliphatic carbocycles. The molecule has 0 bridgehead atoms. The van der Waals surface area contributed by atoms with E-state index < -0.39 is 6.10 Å². The minimum Gasteiger partial charge on any atom is -0.384 e. The number of benzene rings is 2. The second-order valence-corrected chi connectivity index (χ2v) is 4.66. The molecule has 1 unspecified atom stereocenters. The molecule has 0 amide bonds. The van der Waals surface area contributed by atoms with Crippen molar-refractivity contribution in [3.05, 3.63) is 83.1 Å². The van der Waals surface area contributed by atoms with Gasteiger partial charge in [-0.15, -0.1) is 5.73 Å². The van der Waals surface area contributed by atoms with E-state index in [1.165, 1.54) is 5.56 Å². The average Bonchev–Trinajstić information content (AvgIpc) is 2.46. The normalized spacial score (nSPS) is 11.5. The lowest BCUT2D eigenvalue weighted by Gasteiger charge is -2.05. The van der Waals surface area contributed by atoms with Gasteiger partial charge in [0.1, 0.15) is 6.10 Å². The van der Waals surface area contributed by atoms with E-state index in [4.69, 9.17) is 0 Å². The van der Waals surface area contributed by atoms with Gasteiger partial charge in [0.2, 0.25) is 0 Å². The summed E-state index contributed by atoms with van der Waals surface area (Å²) in [6.07, 6.45) is 1.09. The molecule has 0 heterocycles. The Kier molecular flexibility index (Phi) is 4.35. The molecular weight excluding hydrogens is 232 g/mol. The zero-order chi connectivity index (χ0) is 13.7. The van der Waals surface area contributed by atoms with Gasteiger partial charge in [0.25, 0.3) is 0 Å². The van der Waals surface area contributed by atoms with Crippen molar-refractivity contribution < 1.29 is 5.11 Å². The molecule has 1 nitrogen and oxygen atoms in total. The molecule has 1 heteroatoms. The SMILES string of the molecule is CC(=C=CC(O)c1ccc(C)cc1)c1ccccc1. The Bertz CT molecular complexity index is 587. The lowest BCUT2D eigenvalue weighted by Crippen LogP contribution is -1.92. The van der Waals surface area contributed by atoms with Gasteiger partial charge in [-0.25, -0.2) is 0 Å². The molecule has 2 aromatic carbocycles. The summed E-state index contributed by atoms with van der Waals surface area (Å²) in [7, 11) is 0. The lowest BCUT2D eigenvalue weighted by atomic mass is 10.1. The molecule has 0 radical (unpaired) electrons. The molecule has 0 saturated carbocycles. The van der Waals surface area contributed by atoms with Gasteiger partial charge in [0, 0.05) is 0 Å². The third kappa shape index (κ3) is 3.69. The van der Waals surface area contributed by atoms with Gasteiger partial charge in [-0.3, -0.25) is 0 Å². The molecule has 0 fully saturated rings. The smallest absolute Gasteiger partial charge is 0.104 e. The van der Waals surface area contributed by atoms with Gasteiger partial charge in [-0.05, 0) is 36.6 Å². The number of aryl methyl sites for hydroxylation is 1. The molecule has 2 aromatic rings. The molecule has 2 rings (SSSR count). The summed E-state index contributed by atoms with van der Waals surface area (Å²) in [5.74, 6) is 0. The fraction of sp³-hybridized carbons (Fsp3) is 0.167. The zero-order valence-corrected chi connectivity index (χ0v) is 11.3. The molecule has 1 atom stereocenters. The molecule has 96 valence electrons. The fourth-order valence-corrected chi connectivity index (χ4v) is 1.84. The molecule has 0 saturated heterocycles. The van der Waals surface area contributed by atoms with E-state index in [0.29, 0.717) is 0 Å². The zero-order valence-electron chi connectivity index (χ0n) is 11.3.